The monoisotopic (exact) mass is 294 g/mol. The van der Waals surface area contributed by atoms with Crippen molar-refractivity contribution < 1.29 is 0 Å². The predicted octanol–water partition coefficient (Wildman–Crippen LogP) is 4.35. The van der Waals surface area contributed by atoms with Gasteiger partial charge in [0.15, 0.2) is 0 Å². The van der Waals surface area contributed by atoms with Gasteiger partial charge in [-0.25, -0.2) is 4.98 Å². The number of thiazole rings is 1. The van der Waals surface area contributed by atoms with Gasteiger partial charge in [-0.15, -0.1) is 11.3 Å². The lowest BCUT2D eigenvalue weighted by molar-refractivity contribution is 0.169. The Bertz CT molecular complexity index is 405. The summed E-state index contributed by atoms with van der Waals surface area (Å²) in [5.74, 6) is 2.48. The number of hydrogen-bond donors (Lipinski definition) is 1. The van der Waals surface area contributed by atoms with Crippen LogP contribution in [0.3, 0.4) is 0 Å². The fourth-order valence-electron chi connectivity index (χ4n) is 3.51. The molecule has 0 amide bonds. The van der Waals surface area contributed by atoms with Crippen molar-refractivity contribution in [2.75, 3.05) is 6.54 Å². The predicted molar refractivity (Wildman–Crippen MR) is 88.4 cm³/mol. The van der Waals surface area contributed by atoms with Crippen molar-refractivity contribution in [2.45, 2.75) is 66.3 Å². The molecule has 0 spiro atoms. The summed E-state index contributed by atoms with van der Waals surface area (Å²) in [7, 11) is 0. The van der Waals surface area contributed by atoms with Crippen LogP contribution in [0.5, 0.6) is 0 Å². The SMILES string of the molecule is CCNC1CCC(C(C)C)CC1Cc1nc(C)c(C)s1. The standard InChI is InChI=1S/C17H30N2S/c1-6-18-16-8-7-14(11(2)3)9-15(16)10-17-19-12(4)13(5)20-17/h11,14-16,18H,6-10H2,1-5H3. The van der Waals surface area contributed by atoms with Crippen LogP contribution in [0, 0.1) is 31.6 Å². The molecule has 0 bridgehead atoms. The molecule has 20 heavy (non-hydrogen) atoms. The lowest BCUT2D eigenvalue weighted by atomic mass is 9.72. The molecular weight excluding hydrogens is 264 g/mol. The summed E-state index contributed by atoms with van der Waals surface area (Å²) in [5.41, 5.74) is 1.22. The Morgan fingerprint density at radius 1 is 1.30 bits per heavy atom. The van der Waals surface area contributed by atoms with Crippen LogP contribution in [-0.4, -0.2) is 17.6 Å². The Labute approximate surface area is 128 Å². The van der Waals surface area contributed by atoms with Gasteiger partial charge in [0.05, 0.1) is 10.7 Å². The second-order valence-electron chi connectivity index (χ2n) is 6.69. The number of rotatable bonds is 5. The van der Waals surface area contributed by atoms with Crippen molar-refractivity contribution in [3.05, 3.63) is 15.6 Å². The molecule has 1 N–H and O–H groups in total. The first kappa shape index (κ1) is 16.0. The molecule has 1 heterocycles. The van der Waals surface area contributed by atoms with E-state index >= 15 is 0 Å². The molecule has 1 fully saturated rings. The third-order valence-electron chi connectivity index (χ3n) is 4.94. The van der Waals surface area contributed by atoms with E-state index in [4.69, 9.17) is 4.98 Å². The van der Waals surface area contributed by atoms with Gasteiger partial charge in [-0.2, -0.15) is 0 Å². The zero-order valence-electron chi connectivity index (χ0n) is 13.7. The molecule has 1 aliphatic rings. The molecule has 0 aromatic carbocycles. The van der Waals surface area contributed by atoms with Crippen LogP contribution in [-0.2, 0) is 6.42 Å². The first-order valence-electron chi connectivity index (χ1n) is 8.17. The van der Waals surface area contributed by atoms with E-state index in [9.17, 15) is 0 Å². The van der Waals surface area contributed by atoms with Gasteiger partial charge in [0.25, 0.3) is 0 Å². The second kappa shape index (κ2) is 7.04. The largest absolute Gasteiger partial charge is 0.314 e. The highest BCUT2D eigenvalue weighted by Gasteiger charge is 2.31. The molecule has 2 rings (SSSR count). The second-order valence-corrected chi connectivity index (χ2v) is 7.98. The van der Waals surface area contributed by atoms with Crippen LogP contribution in [0.4, 0.5) is 0 Å². The van der Waals surface area contributed by atoms with Gasteiger partial charge in [-0.05, 0) is 57.4 Å². The van der Waals surface area contributed by atoms with E-state index in [1.54, 1.807) is 0 Å². The maximum absolute atomic E-state index is 4.76. The van der Waals surface area contributed by atoms with Gasteiger partial charge in [0.1, 0.15) is 0 Å². The summed E-state index contributed by atoms with van der Waals surface area (Å²) in [6.45, 7) is 12.4. The van der Waals surface area contributed by atoms with Gasteiger partial charge in [0.2, 0.25) is 0 Å². The normalized spacial score (nSPS) is 27.2. The van der Waals surface area contributed by atoms with Crippen LogP contribution in [0.15, 0.2) is 0 Å². The van der Waals surface area contributed by atoms with Crippen molar-refractivity contribution in [1.29, 1.82) is 0 Å². The van der Waals surface area contributed by atoms with E-state index in [0.29, 0.717) is 6.04 Å². The molecule has 1 aliphatic carbocycles. The van der Waals surface area contributed by atoms with Crippen molar-refractivity contribution in [3.63, 3.8) is 0 Å². The van der Waals surface area contributed by atoms with Gasteiger partial charge in [-0.3, -0.25) is 0 Å². The van der Waals surface area contributed by atoms with E-state index in [-0.39, 0.29) is 0 Å². The van der Waals surface area contributed by atoms with E-state index in [1.807, 2.05) is 11.3 Å². The number of aromatic nitrogens is 1. The first-order valence-corrected chi connectivity index (χ1v) is 8.99. The third-order valence-corrected chi connectivity index (χ3v) is 6.04. The van der Waals surface area contributed by atoms with Crippen LogP contribution < -0.4 is 5.32 Å². The highest BCUT2D eigenvalue weighted by Crippen LogP contribution is 2.36. The zero-order valence-corrected chi connectivity index (χ0v) is 14.5. The van der Waals surface area contributed by atoms with Gasteiger partial charge >= 0.3 is 0 Å². The average molecular weight is 295 g/mol. The van der Waals surface area contributed by atoms with E-state index < -0.39 is 0 Å². The third kappa shape index (κ3) is 3.82. The fraction of sp³-hybridized carbons (Fsp3) is 0.824. The van der Waals surface area contributed by atoms with Gasteiger partial charge < -0.3 is 5.32 Å². The Morgan fingerprint density at radius 3 is 2.60 bits per heavy atom. The van der Waals surface area contributed by atoms with Crippen molar-refractivity contribution in [2.24, 2.45) is 17.8 Å². The Kier molecular flexibility index (Phi) is 5.62. The number of nitrogens with one attached hydrogen (secondary N) is 1. The Morgan fingerprint density at radius 2 is 2.05 bits per heavy atom. The lowest BCUT2D eigenvalue weighted by Crippen LogP contribution is -2.42. The van der Waals surface area contributed by atoms with Crippen LogP contribution in [0.2, 0.25) is 0 Å². The Hall–Kier alpha value is -0.410. The minimum Gasteiger partial charge on any atom is -0.314 e. The lowest BCUT2D eigenvalue weighted by Gasteiger charge is -2.38. The molecule has 2 nitrogen and oxygen atoms in total. The molecule has 0 radical (unpaired) electrons. The molecule has 114 valence electrons. The van der Waals surface area contributed by atoms with Crippen molar-refractivity contribution in [1.82, 2.24) is 10.3 Å². The molecule has 3 unspecified atom stereocenters. The fourth-order valence-corrected chi connectivity index (χ4v) is 4.54. The molecule has 0 saturated heterocycles. The van der Waals surface area contributed by atoms with Crippen LogP contribution in [0.1, 0.15) is 55.6 Å². The van der Waals surface area contributed by atoms with E-state index in [0.717, 1.165) is 24.3 Å². The summed E-state index contributed by atoms with van der Waals surface area (Å²) in [4.78, 5) is 6.14. The highest BCUT2D eigenvalue weighted by atomic mass is 32.1. The van der Waals surface area contributed by atoms with Gasteiger partial charge in [0, 0.05) is 17.3 Å². The minimum atomic E-state index is 0.694. The molecule has 3 heteroatoms. The molecule has 3 atom stereocenters. The summed E-state index contributed by atoms with van der Waals surface area (Å²) in [6.07, 6.45) is 5.26. The number of aryl methyl sites for hydroxylation is 2. The van der Waals surface area contributed by atoms with Crippen molar-refractivity contribution >= 4 is 11.3 Å². The van der Waals surface area contributed by atoms with Gasteiger partial charge in [-0.1, -0.05) is 20.8 Å². The zero-order chi connectivity index (χ0) is 14.7. The summed E-state index contributed by atoms with van der Waals surface area (Å²) < 4.78 is 0. The van der Waals surface area contributed by atoms with E-state index in [1.165, 1.54) is 41.3 Å². The van der Waals surface area contributed by atoms with Crippen molar-refractivity contribution in [3.8, 4) is 0 Å². The number of hydrogen-bond acceptors (Lipinski definition) is 3. The van der Waals surface area contributed by atoms with E-state index in [2.05, 4.69) is 39.9 Å². The first-order chi connectivity index (χ1) is 9.51. The summed E-state index contributed by atoms with van der Waals surface area (Å²) in [6, 6.07) is 0.694. The molecule has 0 aliphatic heterocycles. The number of nitrogens with zero attached hydrogens (tertiary/aromatic N) is 1. The maximum atomic E-state index is 4.76. The van der Waals surface area contributed by atoms with Crippen LogP contribution in [0.25, 0.3) is 0 Å². The van der Waals surface area contributed by atoms with Crippen LogP contribution >= 0.6 is 11.3 Å². The molecular formula is C17H30N2S. The summed E-state index contributed by atoms with van der Waals surface area (Å²) in [5, 5.41) is 5.06. The Balaban J connectivity index is 2.06. The smallest absolute Gasteiger partial charge is 0.0934 e. The topological polar surface area (TPSA) is 24.9 Å². The molecule has 1 aromatic rings. The summed E-state index contributed by atoms with van der Waals surface area (Å²) >= 11 is 1.90. The average Bonchev–Trinajstić information content (AvgIpc) is 2.70. The highest BCUT2D eigenvalue weighted by molar-refractivity contribution is 7.11. The maximum Gasteiger partial charge on any atom is 0.0934 e. The molecule has 1 saturated carbocycles. The molecule has 1 aromatic heterocycles. The quantitative estimate of drug-likeness (QED) is 0.873. The minimum absolute atomic E-state index is 0.694.